The highest BCUT2D eigenvalue weighted by Gasteiger charge is 2.37. The molecule has 3 rings (SSSR count). The Bertz CT molecular complexity index is 990. The summed E-state index contributed by atoms with van der Waals surface area (Å²) in [5.41, 5.74) is 1.48. The maximum absolute atomic E-state index is 14.1. The van der Waals surface area contributed by atoms with Gasteiger partial charge in [0.25, 0.3) is 0 Å². The first kappa shape index (κ1) is 21.0. The van der Waals surface area contributed by atoms with Crippen molar-refractivity contribution < 1.29 is 23.1 Å². The third-order valence-corrected chi connectivity index (χ3v) is 5.29. The largest absolute Gasteiger partial charge is 0.463 e. The van der Waals surface area contributed by atoms with E-state index in [0.717, 1.165) is 12.1 Å². The Hall–Kier alpha value is -2.73. The summed E-state index contributed by atoms with van der Waals surface area (Å²) < 4.78 is 32.5. The fraction of sp³-hybridized carbons (Fsp3) is 0.273. The molecule has 0 fully saturated rings. The predicted octanol–water partition coefficient (Wildman–Crippen LogP) is 4.97. The van der Waals surface area contributed by atoms with Crippen LogP contribution >= 0.6 is 11.6 Å². The Labute approximate surface area is 172 Å². The van der Waals surface area contributed by atoms with Crippen molar-refractivity contribution in [1.82, 2.24) is 4.90 Å². The van der Waals surface area contributed by atoms with Crippen LogP contribution in [0.4, 0.5) is 8.78 Å². The molecule has 2 aromatic rings. The molecule has 1 atom stereocenters. The van der Waals surface area contributed by atoms with Crippen LogP contribution in [0.3, 0.4) is 0 Å². The molecular weight excluding hydrogens is 400 g/mol. The molecule has 0 spiro atoms. The Morgan fingerprint density at radius 1 is 1.24 bits per heavy atom. The zero-order valence-corrected chi connectivity index (χ0v) is 16.8. The lowest BCUT2D eigenvalue weighted by molar-refractivity contribution is -0.140. The molecule has 0 unspecified atom stereocenters. The lowest BCUT2D eigenvalue weighted by atomic mass is 9.83. The molecule has 1 aliphatic heterocycles. The standard InChI is InChI=1S/C22H20ClF2NO3/c1-3-29-22(28)21-13(2)26(12-14-8-9-15(24)10-19(14)25)20(27)11-17(21)16-6-4-5-7-18(16)23/h4-10,17H,3,11-12H2,1-2H3/t17-/m0/s1. The Balaban J connectivity index is 2.06. The van der Waals surface area contributed by atoms with E-state index in [-0.39, 0.29) is 31.0 Å². The van der Waals surface area contributed by atoms with E-state index in [0.29, 0.717) is 21.9 Å². The molecule has 29 heavy (non-hydrogen) atoms. The van der Waals surface area contributed by atoms with E-state index in [1.54, 1.807) is 38.1 Å². The molecule has 0 aliphatic carbocycles. The van der Waals surface area contributed by atoms with E-state index in [1.165, 1.54) is 11.0 Å². The van der Waals surface area contributed by atoms with Crippen LogP contribution in [-0.2, 0) is 20.9 Å². The second-order valence-electron chi connectivity index (χ2n) is 6.71. The number of hydrogen-bond donors (Lipinski definition) is 0. The molecule has 1 heterocycles. The highest BCUT2D eigenvalue weighted by atomic mass is 35.5. The third-order valence-electron chi connectivity index (χ3n) is 4.94. The number of halogens is 3. The van der Waals surface area contributed by atoms with Crippen LogP contribution in [0.15, 0.2) is 53.7 Å². The van der Waals surface area contributed by atoms with Crippen molar-refractivity contribution >= 4 is 23.5 Å². The van der Waals surface area contributed by atoms with Gasteiger partial charge in [0.05, 0.1) is 18.7 Å². The van der Waals surface area contributed by atoms with Gasteiger partial charge in [-0.25, -0.2) is 13.6 Å². The summed E-state index contributed by atoms with van der Waals surface area (Å²) >= 11 is 6.32. The summed E-state index contributed by atoms with van der Waals surface area (Å²) in [5.74, 6) is -2.85. The van der Waals surface area contributed by atoms with Gasteiger partial charge in [0, 0.05) is 34.7 Å². The Morgan fingerprint density at radius 3 is 2.62 bits per heavy atom. The number of carbonyl (C=O) groups is 2. The number of carbonyl (C=O) groups excluding carboxylic acids is 2. The van der Waals surface area contributed by atoms with Crippen molar-refractivity contribution in [2.75, 3.05) is 6.61 Å². The molecule has 0 saturated heterocycles. The quantitative estimate of drug-likeness (QED) is 0.643. The second kappa shape index (κ2) is 8.74. The van der Waals surface area contributed by atoms with Crippen molar-refractivity contribution in [1.29, 1.82) is 0 Å². The fourth-order valence-electron chi connectivity index (χ4n) is 3.52. The van der Waals surface area contributed by atoms with Gasteiger partial charge in [0.2, 0.25) is 5.91 Å². The first-order valence-electron chi connectivity index (χ1n) is 9.20. The van der Waals surface area contributed by atoms with Crippen molar-refractivity contribution in [3.8, 4) is 0 Å². The Morgan fingerprint density at radius 2 is 1.97 bits per heavy atom. The van der Waals surface area contributed by atoms with Crippen LogP contribution < -0.4 is 0 Å². The van der Waals surface area contributed by atoms with Crippen LogP contribution in [0.1, 0.15) is 37.3 Å². The van der Waals surface area contributed by atoms with Gasteiger partial charge >= 0.3 is 5.97 Å². The first-order valence-corrected chi connectivity index (χ1v) is 9.57. The third kappa shape index (κ3) is 4.32. The van der Waals surface area contributed by atoms with Crippen molar-refractivity contribution in [3.05, 3.63) is 81.5 Å². The van der Waals surface area contributed by atoms with Crippen LogP contribution in [0, 0.1) is 11.6 Å². The normalized spacial score (nSPS) is 16.9. The molecule has 0 aromatic heterocycles. The predicted molar refractivity (Wildman–Crippen MR) is 105 cm³/mol. The molecule has 7 heteroatoms. The molecule has 2 aromatic carbocycles. The molecular formula is C22H20ClF2NO3. The molecule has 1 amide bonds. The number of ether oxygens (including phenoxy) is 1. The van der Waals surface area contributed by atoms with Crippen molar-refractivity contribution in [3.63, 3.8) is 0 Å². The summed E-state index contributed by atoms with van der Waals surface area (Å²) in [6.07, 6.45) is -0.0158. The lowest BCUT2D eigenvalue weighted by Gasteiger charge is -2.34. The average molecular weight is 420 g/mol. The van der Waals surface area contributed by atoms with Gasteiger partial charge in [0.1, 0.15) is 11.6 Å². The monoisotopic (exact) mass is 419 g/mol. The van der Waals surface area contributed by atoms with Gasteiger partial charge in [-0.05, 0) is 31.5 Å². The van der Waals surface area contributed by atoms with Gasteiger partial charge in [-0.15, -0.1) is 0 Å². The maximum Gasteiger partial charge on any atom is 0.336 e. The number of benzene rings is 2. The van der Waals surface area contributed by atoms with Crippen molar-refractivity contribution in [2.24, 2.45) is 0 Å². The number of allylic oxidation sites excluding steroid dienone is 1. The smallest absolute Gasteiger partial charge is 0.336 e. The van der Waals surface area contributed by atoms with Gasteiger partial charge in [-0.3, -0.25) is 4.79 Å². The van der Waals surface area contributed by atoms with E-state index in [4.69, 9.17) is 16.3 Å². The Kier molecular flexibility index (Phi) is 6.33. The minimum atomic E-state index is -0.753. The minimum Gasteiger partial charge on any atom is -0.463 e. The number of esters is 1. The summed E-state index contributed by atoms with van der Waals surface area (Å²) in [6.45, 7) is 3.37. The van der Waals surface area contributed by atoms with Crippen LogP contribution in [0.2, 0.25) is 5.02 Å². The second-order valence-corrected chi connectivity index (χ2v) is 7.12. The minimum absolute atomic E-state index is 0.0158. The number of nitrogens with zero attached hydrogens (tertiary/aromatic N) is 1. The highest BCUT2D eigenvalue weighted by Crippen LogP contribution is 2.40. The van der Waals surface area contributed by atoms with E-state index in [9.17, 15) is 18.4 Å². The number of rotatable bonds is 5. The van der Waals surface area contributed by atoms with Gasteiger partial charge in [-0.1, -0.05) is 35.9 Å². The SMILES string of the molecule is CCOC(=O)C1=C(C)N(Cc2ccc(F)cc2F)C(=O)C[C@H]1c1ccccc1Cl. The molecule has 0 radical (unpaired) electrons. The zero-order chi connectivity index (χ0) is 21.1. The average Bonchev–Trinajstić information content (AvgIpc) is 2.66. The van der Waals surface area contributed by atoms with Gasteiger partial charge in [-0.2, -0.15) is 0 Å². The van der Waals surface area contributed by atoms with E-state index < -0.39 is 23.5 Å². The number of hydrogen-bond acceptors (Lipinski definition) is 3. The fourth-order valence-corrected chi connectivity index (χ4v) is 3.79. The van der Waals surface area contributed by atoms with Gasteiger partial charge in [0.15, 0.2) is 0 Å². The molecule has 1 aliphatic rings. The lowest BCUT2D eigenvalue weighted by Crippen LogP contribution is -2.38. The first-order chi connectivity index (χ1) is 13.8. The van der Waals surface area contributed by atoms with Crippen LogP contribution in [-0.4, -0.2) is 23.4 Å². The number of amides is 1. The van der Waals surface area contributed by atoms with Crippen molar-refractivity contribution in [2.45, 2.75) is 32.7 Å². The molecule has 0 saturated carbocycles. The molecule has 152 valence electrons. The molecule has 4 nitrogen and oxygen atoms in total. The van der Waals surface area contributed by atoms with Crippen LogP contribution in [0.5, 0.6) is 0 Å². The summed E-state index contributed by atoms with van der Waals surface area (Å²) in [5, 5.41) is 0.443. The van der Waals surface area contributed by atoms with E-state index in [2.05, 4.69) is 0 Å². The molecule has 0 N–H and O–H groups in total. The molecule has 0 bridgehead atoms. The topological polar surface area (TPSA) is 46.6 Å². The highest BCUT2D eigenvalue weighted by molar-refractivity contribution is 6.31. The van der Waals surface area contributed by atoms with Crippen LogP contribution in [0.25, 0.3) is 0 Å². The summed E-state index contributed by atoms with van der Waals surface area (Å²) in [4.78, 5) is 27.0. The zero-order valence-electron chi connectivity index (χ0n) is 16.0. The maximum atomic E-state index is 14.1. The summed E-state index contributed by atoms with van der Waals surface area (Å²) in [6, 6.07) is 10.2. The van der Waals surface area contributed by atoms with Gasteiger partial charge < -0.3 is 9.64 Å². The summed E-state index contributed by atoms with van der Waals surface area (Å²) in [7, 11) is 0. The van der Waals surface area contributed by atoms with E-state index >= 15 is 0 Å². The van der Waals surface area contributed by atoms with E-state index in [1.807, 2.05) is 0 Å².